The Morgan fingerprint density at radius 1 is 1.26 bits per heavy atom. The molecule has 0 aliphatic heterocycles. The molecule has 1 fully saturated rings. The first kappa shape index (κ1) is 17.3. The molecule has 2 aromatic heterocycles. The van der Waals surface area contributed by atoms with Crippen molar-refractivity contribution in [2.45, 2.75) is 52.5 Å². The maximum Gasteiger partial charge on any atom is 0.263 e. The van der Waals surface area contributed by atoms with Crippen LogP contribution in [0.25, 0.3) is 11.0 Å². The van der Waals surface area contributed by atoms with Crippen molar-refractivity contribution in [1.29, 1.82) is 0 Å². The summed E-state index contributed by atoms with van der Waals surface area (Å²) in [4.78, 5) is 33.4. The summed E-state index contributed by atoms with van der Waals surface area (Å²) in [5.74, 6) is 0.454. The van der Waals surface area contributed by atoms with Gasteiger partial charge in [-0.2, -0.15) is 0 Å². The van der Waals surface area contributed by atoms with Crippen LogP contribution < -0.4 is 11.3 Å². The number of carbonyl (C=O) groups excluding carboxylic acids is 1. The maximum absolute atomic E-state index is 12.8. The predicted octanol–water partition coefficient (Wildman–Crippen LogP) is 2.30. The molecule has 3 rings (SSSR count). The van der Waals surface area contributed by atoms with Crippen molar-refractivity contribution in [3.05, 3.63) is 33.5 Å². The quantitative estimate of drug-likeness (QED) is 0.858. The number of Topliss-reactive ketones (excluding diaryl/α,β-unsaturated/α-hetero) is 1. The van der Waals surface area contributed by atoms with Crippen LogP contribution in [0.1, 0.15) is 60.4 Å². The minimum Gasteiger partial charge on any atom is -0.333 e. The van der Waals surface area contributed by atoms with Crippen LogP contribution in [0.4, 0.5) is 0 Å². The van der Waals surface area contributed by atoms with E-state index in [1.165, 1.54) is 14.0 Å². The van der Waals surface area contributed by atoms with Crippen molar-refractivity contribution in [2.24, 2.45) is 5.73 Å². The molecule has 1 aliphatic rings. The average molecular weight is 316 g/mol. The van der Waals surface area contributed by atoms with E-state index in [0.717, 1.165) is 31.1 Å². The van der Waals surface area contributed by atoms with E-state index in [-0.39, 0.29) is 22.9 Å². The monoisotopic (exact) mass is 316 g/mol. The average Bonchev–Trinajstić information content (AvgIpc) is 3.02. The fraction of sp³-hybridized carbons (Fsp3) is 0.529. The van der Waals surface area contributed by atoms with Crippen LogP contribution in [0.3, 0.4) is 0 Å². The van der Waals surface area contributed by atoms with Gasteiger partial charge < -0.3 is 5.73 Å². The van der Waals surface area contributed by atoms with Gasteiger partial charge in [-0.25, -0.2) is 9.97 Å². The van der Waals surface area contributed by atoms with Gasteiger partial charge in [-0.3, -0.25) is 14.2 Å². The summed E-state index contributed by atoms with van der Waals surface area (Å²) < 4.78 is 1.74. The van der Waals surface area contributed by atoms with Crippen LogP contribution in [0, 0.1) is 13.8 Å². The molecule has 0 saturated heterocycles. The molecule has 2 aromatic rings. The molecule has 0 amide bonds. The summed E-state index contributed by atoms with van der Waals surface area (Å²) in [6.07, 6.45) is 5.90. The zero-order valence-electron chi connectivity index (χ0n) is 14.2. The topological polar surface area (TPSA) is 90.9 Å². The number of hydrogen-bond donors (Lipinski definition) is 1. The Bertz CT molecular complexity index is 789. The lowest BCUT2D eigenvalue weighted by Crippen LogP contribution is -2.30. The third-order valence-corrected chi connectivity index (χ3v) is 4.37. The third kappa shape index (κ3) is 3.03. The Balaban J connectivity index is 0.000000924. The van der Waals surface area contributed by atoms with Crippen LogP contribution in [-0.4, -0.2) is 27.4 Å². The van der Waals surface area contributed by atoms with Crippen molar-refractivity contribution < 1.29 is 4.79 Å². The van der Waals surface area contributed by atoms with Crippen LogP contribution in [-0.2, 0) is 0 Å². The van der Waals surface area contributed by atoms with Gasteiger partial charge in [0.1, 0.15) is 11.5 Å². The molecule has 0 spiro atoms. The van der Waals surface area contributed by atoms with Gasteiger partial charge in [0.25, 0.3) is 5.56 Å². The normalized spacial score (nSPS) is 14.7. The highest BCUT2D eigenvalue weighted by Crippen LogP contribution is 2.31. The van der Waals surface area contributed by atoms with Gasteiger partial charge in [0.15, 0.2) is 5.78 Å². The molecular weight excluding hydrogens is 292 g/mol. The summed E-state index contributed by atoms with van der Waals surface area (Å²) >= 11 is 0. The summed E-state index contributed by atoms with van der Waals surface area (Å²) in [6.45, 7) is 5.07. The Morgan fingerprint density at radius 3 is 2.43 bits per heavy atom. The molecule has 2 heterocycles. The predicted molar refractivity (Wildman–Crippen MR) is 90.9 cm³/mol. The highest BCUT2D eigenvalue weighted by atomic mass is 16.1. The molecule has 0 atom stereocenters. The van der Waals surface area contributed by atoms with Gasteiger partial charge in [-0.05, 0) is 46.2 Å². The summed E-state index contributed by atoms with van der Waals surface area (Å²) in [7, 11) is 1.50. The molecule has 23 heavy (non-hydrogen) atoms. The summed E-state index contributed by atoms with van der Waals surface area (Å²) in [6, 6.07) is 0.146. The first-order chi connectivity index (χ1) is 11.0. The number of hydrogen-bond acceptors (Lipinski definition) is 5. The second-order valence-electron chi connectivity index (χ2n) is 5.82. The van der Waals surface area contributed by atoms with E-state index < -0.39 is 0 Å². The Hall–Kier alpha value is -2.08. The fourth-order valence-corrected chi connectivity index (χ4v) is 3.33. The Kier molecular flexibility index (Phi) is 5.26. The minimum absolute atomic E-state index is 0.146. The van der Waals surface area contributed by atoms with Crippen LogP contribution in [0.15, 0.2) is 11.0 Å². The Morgan fingerprint density at radius 2 is 1.87 bits per heavy atom. The number of carbonyl (C=O) groups is 1. The zero-order chi connectivity index (χ0) is 17.1. The van der Waals surface area contributed by atoms with Gasteiger partial charge >= 0.3 is 0 Å². The largest absolute Gasteiger partial charge is 0.333 e. The number of nitrogens with zero attached hydrogens (tertiary/aromatic N) is 3. The van der Waals surface area contributed by atoms with Gasteiger partial charge in [0.2, 0.25) is 0 Å². The summed E-state index contributed by atoms with van der Waals surface area (Å²) in [5.41, 5.74) is 5.94. The van der Waals surface area contributed by atoms with Gasteiger partial charge in [-0.15, -0.1) is 0 Å². The SMILES string of the molecule is CC(=O)c1c(C)c2cnc(C)nc2n(C2CCCC2)c1=O.CN. The molecule has 2 N–H and O–H groups in total. The smallest absolute Gasteiger partial charge is 0.263 e. The summed E-state index contributed by atoms with van der Waals surface area (Å²) in [5, 5.41) is 0.803. The minimum atomic E-state index is -0.197. The van der Waals surface area contributed by atoms with Crippen molar-refractivity contribution in [3.63, 3.8) is 0 Å². The first-order valence-corrected chi connectivity index (χ1v) is 7.98. The second kappa shape index (κ2) is 7.00. The standard InChI is InChI=1S/C16H19N3O2.CH5N/c1-9-13-8-17-11(3)18-15(13)19(12-6-4-5-7-12)16(21)14(9)10(2)20;1-2/h8,12H,4-7H2,1-3H3;2H2,1H3. The van der Waals surface area contributed by atoms with E-state index in [4.69, 9.17) is 0 Å². The molecule has 0 aromatic carbocycles. The molecule has 6 heteroatoms. The van der Waals surface area contributed by atoms with Gasteiger partial charge in [0, 0.05) is 17.6 Å². The number of ketones is 1. The van der Waals surface area contributed by atoms with E-state index >= 15 is 0 Å². The molecule has 1 aliphatic carbocycles. The lowest BCUT2D eigenvalue weighted by Gasteiger charge is -2.19. The van der Waals surface area contributed by atoms with Gasteiger partial charge in [-0.1, -0.05) is 12.8 Å². The van der Waals surface area contributed by atoms with Crippen LogP contribution >= 0.6 is 0 Å². The van der Waals surface area contributed by atoms with E-state index in [2.05, 4.69) is 15.7 Å². The van der Waals surface area contributed by atoms with Crippen molar-refractivity contribution >= 4 is 16.8 Å². The molecule has 6 nitrogen and oxygen atoms in total. The number of aryl methyl sites for hydroxylation is 2. The number of nitrogens with two attached hydrogens (primary N) is 1. The molecular formula is C17H24N4O2. The van der Waals surface area contributed by atoms with Crippen molar-refractivity contribution in [1.82, 2.24) is 14.5 Å². The third-order valence-electron chi connectivity index (χ3n) is 4.37. The number of rotatable bonds is 2. The number of fused-ring (bicyclic) bond motifs is 1. The molecule has 0 unspecified atom stereocenters. The van der Waals surface area contributed by atoms with Crippen molar-refractivity contribution in [3.8, 4) is 0 Å². The van der Waals surface area contributed by atoms with Crippen molar-refractivity contribution in [2.75, 3.05) is 7.05 Å². The first-order valence-electron chi connectivity index (χ1n) is 7.98. The molecule has 0 bridgehead atoms. The second-order valence-corrected chi connectivity index (χ2v) is 5.82. The lowest BCUT2D eigenvalue weighted by molar-refractivity contribution is 0.101. The Labute approximate surface area is 135 Å². The maximum atomic E-state index is 12.8. The lowest BCUT2D eigenvalue weighted by atomic mass is 10.0. The number of pyridine rings is 1. The van der Waals surface area contributed by atoms with E-state index in [0.29, 0.717) is 17.0 Å². The molecule has 1 saturated carbocycles. The highest BCUT2D eigenvalue weighted by molar-refractivity contribution is 5.99. The van der Waals surface area contributed by atoms with Crippen LogP contribution in [0.5, 0.6) is 0 Å². The molecule has 0 radical (unpaired) electrons. The van der Waals surface area contributed by atoms with E-state index in [9.17, 15) is 9.59 Å². The zero-order valence-corrected chi connectivity index (χ0v) is 14.2. The molecule has 124 valence electrons. The van der Waals surface area contributed by atoms with E-state index in [1.54, 1.807) is 17.7 Å². The fourth-order valence-electron chi connectivity index (χ4n) is 3.33. The highest BCUT2D eigenvalue weighted by Gasteiger charge is 2.25. The van der Waals surface area contributed by atoms with E-state index in [1.807, 2.05) is 6.92 Å². The number of aromatic nitrogens is 3. The van der Waals surface area contributed by atoms with Gasteiger partial charge in [0.05, 0.1) is 5.56 Å². The van der Waals surface area contributed by atoms with Crippen LogP contribution in [0.2, 0.25) is 0 Å².